The van der Waals surface area contributed by atoms with Gasteiger partial charge in [0.25, 0.3) is 0 Å². The first-order valence-corrected chi connectivity index (χ1v) is 3.43. The van der Waals surface area contributed by atoms with E-state index in [4.69, 9.17) is 25.2 Å². The number of aliphatic hydroxyl groups is 4. The van der Waals surface area contributed by atoms with Gasteiger partial charge in [-0.3, -0.25) is 0 Å². The molecule has 0 aromatic heterocycles. The lowest BCUT2D eigenvalue weighted by Gasteiger charge is -2.18. The van der Waals surface area contributed by atoms with Crippen LogP contribution in [0.1, 0.15) is 0 Å². The van der Waals surface area contributed by atoms with Gasteiger partial charge < -0.3 is 25.2 Å². The van der Waals surface area contributed by atoms with Crippen molar-refractivity contribution in [3.05, 3.63) is 0 Å². The summed E-state index contributed by atoms with van der Waals surface area (Å²) in [4.78, 5) is 0. The average Bonchev–Trinajstić information content (AvgIpc) is 2.32. The number of rotatable bonds is 2. The molecule has 0 saturated carbocycles. The van der Waals surface area contributed by atoms with Crippen LogP contribution in [0.4, 0.5) is 0 Å². The van der Waals surface area contributed by atoms with Crippen LogP contribution in [0.3, 0.4) is 0 Å². The van der Waals surface area contributed by atoms with Crippen LogP contribution in [-0.2, 0) is 4.74 Å². The number of ether oxygens (including phenoxy) is 1. The molecular weight excluding hydrogens is 152 g/mol. The quantitative estimate of drug-likeness (QED) is 0.361. The molecule has 0 unspecified atom stereocenters. The molecule has 4 N–H and O–H groups in total. The van der Waals surface area contributed by atoms with Crippen molar-refractivity contribution in [3.63, 3.8) is 0 Å². The van der Waals surface area contributed by atoms with Crippen LogP contribution in [0.15, 0.2) is 0 Å². The van der Waals surface area contributed by atoms with Gasteiger partial charge in [0.2, 0.25) is 0 Å². The van der Waals surface area contributed by atoms with Crippen molar-refractivity contribution in [2.75, 3.05) is 13.2 Å². The maximum Gasteiger partial charge on any atom is 0.114 e. The summed E-state index contributed by atoms with van der Waals surface area (Å²) in [7, 11) is 0. The molecule has 66 valence electrons. The van der Waals surface area contributed by atoms with E-state index in [9.17, 15) is 0 Å². The van der Waals surface area contributed by atoms with Crippen molar-refractivity contribution < 1.29 is 25.2 Å². The highest BCUT2D eigenvalue weighted by Crippen LogP contribution is 2.16. The second-order valence-corrected chi connectivity index (χ2v) is 2.61. The first kappa shape index (κ1) is 8.89. The predicted molar refractivity (Wildman–Crippen MR) is 34.8 cm³/mol. The Kier molecular flexibility index (Phi) is 2.80. The monoisotopic (exact) mass is 164 g/mol. The van der Waals surface area contributed by atoms with Gasteiger partial charge in [-0.1, -0.05) is 0 Å². The molecule has 1 saturated heterocycles. The normalized spacial score (nSPS) is 40.9. The average molecular weight is 164 g/mol. The number of aliphatic hydroxyl groups excluding tert-OH is 4. The van der Waals surface area contributed by atoms with Crippen molar-refractivity contribution in [1.29, 1.82) is 0 Å². The van der Waals surface area contributed by atoms with Crippen LogP contribution < -0.4 is 0 Å². The lowest BCUT2D eigenvalue weighted by molar-refractivity contribution is -0.0684. The Bertz CT molecular complexity index is 128. The predicted octanol–water partition coefficient (Wildman–Crippen LogP) is -2.54. The Morgan fingerprint density at radius 1 is 1.45 bits per heavy atom. The fourth-order valence-corrected chi connectivity index (χ4v) is 1.07. The van der Waals surface area contributed by atoms with Gasteiger partial charge in [-0.15, -0.1) is 0 Å². The van der Waals surface area contributed by atoms with E-state index in [0.29, 0.717) is 0 Å². The van der Waals surface area contributed by atoms with Crippen molar-refractivity contribution in [2.45, 2.75) is 24.4 Å². The Hall–Kier alpha value is -0.200. The molecule has 1 aliphatic heterocycles. The van der Waals surface area contributed by atoms with Gasteiger partial charge in [-0.05, 0) is 0 Å². The Balaban J connectivity index is 2.47. The van der Waals surface area contributed by atoms with Crippen molar-refractivity contribution in [3.8, 4) is 0 Å². The lowest BCUT2D eigenvalue weighted by atomic mass is 10.1. The highest BCUT2D eigenvalue weighted by molar-refractivity contribution is 4.87. The van der Waals surface area contributed by atoms with Crippen LogP contribution in [0.25, 0.3) is 0 Å². The summed E-state index contributed by atoms with van der Waals surface area (Å²) in [6.07, 6.45) is -4.05. The molecule has 0 amide bonds. The topological polar surface area (TPSA) is 90.2 Å². The SMILES string of the molecule is OC[C@@H](O)[C@@H]1OC[C@H](O)[C@H]1O. The number of hydrogen-bond donors (Lipinski definition) is 4. The minimum absolute atomic E-state index is 0.00287. The maximum absolute atomic E-state index is 9.11. The van der Waals surface area contributed by atoms with E-state index < -0.39 is 31.0 Å². The van der Waals surface area contributed by atoms with E-state index in [1.807, 2.05) is 0 Å². The second-order valence-electron chi connectivity index (χ2n) is 2.61. The molecule has 4 atom stereocenters. The number of hydrogen-bond acceptors (Lipinski definition) is 5. The van der Waals surface area contributed by atoms with Gasteiger partial charge in [-0.25, -0.2) is 0 Å². The first-order chi connectivity index (χ1) is 5.16. The standard InChI is InChI=1S/C6H12O5/c7-1-3(8)6-5(10)4(9)2-11-6/h3-10H,1-2H2/t3-,4+,5-,6+/m1/s1. The lowest BCUT2D eigenvalue weighted by Crippen LogP contribution is -2.40. The van der Waals surface area contributed by atoms with Crippen LogP contribution in [0.5, 0.6) is 0 Å². The van der Waals surface area contributed by atoms with Crippen molar-refractivity contribution in [1.82, 2.24) is 0 Å². The molecule has 1 heterocycles. The minimum atomic E-state index is -1.12. The zero-order valence-electron chi connectivity index (χ0n) is 5.92. The van der Waals surface area contributed by atoms with Crippen molar-refractivity contribution in [2.24, 2.45) is 0 Å². The second kappa shape index (κ2) is 3.46. The molecule has 0 spiro atoms. The summed E-state index contributed by atoms with van der Waals surface area (Å²) >= 11 is 0. The van der Waals surface area contributed by atoms with Gasteiger partial charge >= 0.3 is 0 Å². The summed E-state index contributed by atoms with van der Waals surface area (Å²) in [6.45, 7) is -0.475. The van der Waals surface area contributed by atoms with E-state index in [0.717, 1.165) is 0 Å². The zero-order chi connectivity index (χ0) is 8.43. The summed E-state index contributed by atoms with van der Waals surface area (Å²) in [6, 6.07) is 0. The van der Waals surface area contributed by atoms with Gasteiger partial charge in [0.15, 0.2) is 0 Å². The Morgan fingerprint density at radius 3 is 2.45 bits per heavy atom. The molecule has 11 heavy (non-hydrogen) atoms. The fraction of sp³-hybridized carbons (Fsp3) is 1.00. The third kappa shape index (κ3) is 1.69. The van der Waals surface area contributed by atoms with E-state index in [1.54, 1.807) is 0 Å². The molecular formula is C6H12O5. The molecule has 0 aliphatic carbocycles. The maximum atomic E-state index is 9.11. The Morgan fingerprint density at radius 2 is 2.09 bits per heavy atom. The molecule has 1 aliphatic rings. The van der Waals surface area contributed by atoms with Crippen LogP contribution in [0.2, 0.25) is 0 Å². The Labute approximate surface area is 63.8 Å². The molecule has 5 nitrogen and oxygen atoms in total. The molecule has 0 aromatic rings. The molecule has 1 fully saturated rings. The van der Waals surface area contributed by atoms with Gasteiger partial charge in [0, 0.05) is 0 Å². The van der Waals surface area contributed by atoms with E-state index in [2.05, 4.69) is 0 Å². The van der Waals surface area contributed by atoms with Crippen molar-refractivity contribution >= 4 is 0 Å². The van der Waals surface area contributed by atoms with Gasteiger partial charge in [0.1, 0.15) is 24.4 Å². The van der Waals surface area contributed by atoms with Gasteiger partial charge in [0.05, 0.1) is 13.2 Å². The molecule has 0 aromatic carbocycles. The summed E-state index contributed by atoms with van der Waals surface area (Å²) in [5.74, 6) is 0. The molecule has 1 rings (SSSR count). The van der Waals surface area contributed by atoms with Crippen LogP contribution in [-0.4, -0.2) is 58.1 Å². The largest absolute Gasteiger partial charge is 0.394 e. The highest BCUT2D eigenvalue weighted by Gasteiger charge is 2.38. The molecule has 0 bridgehead atoms. The summed E-state index contributed by atoms with van der Waals surface area (Å²) in [5.41, 5.74) is 0. The van der Waals surface area contributed by atoms with Crippen LogP contribution >= 0.6 is 0 Å². The third-order valence-corrected chi connectivity index (χ3v) is 1.76. The van der Waals surface area contributed by atoms with Gasteiger partial charge in [-0.2, -0.15) is 0 Å². The molecule has 5 heteroatoms. The zero-order valence-corrected chi connectivity index (χ0v) is 5.92. The van der Waals surface area contributed by atoms with E-state index in [1.165, 1.54) is 0 Å². The fourth-order valence-electron chi connectivity index (χ4n) is 1.07. The highest BCUT2D eigenvalue weighted by atomic mass is 16.5. The minimum Gasteiger partial charge on any atom is -0.394 e. The smallest absolute Gasteiger partial charge is 0.114 e. The van der Waals surface area contributed by atoms with E-state index in [-0.39, 0.29) is 6.61 Å². The summed E-state index contributed by atoms with van der Waals surface area (Å²) < 4.78 is 4.82. The van der Waals surface area contributed by atoms with Crippen LogP contribution in [0, 0.1) is 0 Å². The molecule has 0 radical (unpaired) electrons. The van der Waals surface area contributed by atoms with E-state index >= 15 is 0 Å². The summed E-state index contributed by atoms with van der Waals surface area (Å²) in [5, 5.41) is 35.5. The first-order valence-electron chi connectivity index (χ1n) is 3.43. The third-order valence-electron chi connectivity index (χ3n) is 1.76.